The Morgan fingerprint density at radius 1 is 1.20 bits per heavy atom. The van der Waals surface area contributed by atoms with E-state index < -0.39 is 12.3 Å². The Bertz CT molecular complexity index is 1200. The number of alkyl halides is 2. The molecule has 30 heavy (non-hydrogen) atoms. The molecule has 154 valence electrons. The van der Waals surface area contributed by atoms with E-state index in [1.54, 1.807) is 48.4 Å². The lowest BCUT2D eigenvalue weighted by molar-refractivity contribution is 0.0952. The second kappa shape index (κ2) is 7.90. The van der Waals surface area contributed by atoms with Crippen LogP contribution in [0.2, 0.25) is 0 Å². The molecule has 3 heterocycles. The molecular formula is C20H18F2N6O2. The molecule has 0 bridgehead atoms. The number of amides is 1. The Kier molecular flexibility index (Phi) is 5.13. The second-order valence-corrected chi connectivity index (χ2v) is 6.59. The minimum atomic E-state index is -2.79. The van der Waals surface area contributed by atoms with Crippen LogP contribution >= 0.6 is 0 Å². The molecule has 0 fully saturated rings. The van der Waals surface area contributed by atoms with Crippen LogP contribution in [-0.2, 0) is 13.6 Å². The summed E-state index contributed by atoms with van der Waals surface area (Å²) >= 11 is 0. The Labute approximate surface area is 170 Å². The van der Waals surface area contributed by atoms with Gasteiger partial charge >= 0.3 is 0 Å². The van der Waals surface area contributed by atoms with Crippen LogP contribution in [0.25, 0.3) is 16.9 Å². The maximum Gasteiger partial charge on any atom is 0.280 e. The number of hydrogen-bond donors (Lipinski definition) is 1. The van der Waals surface area contributed by atoms with Crippen LogP contribution in [0.1, 0.15) is 28.0 Å². The predicted molar refractivity (Wildman–Crippen MR) is 104 cm³/mol. The molecule has 0 spiro atoms. The van der Waals surface area contributed by atoms with Crippen LogP contribution in [0.3, 0.4) is 0 Å². The number of methoxy groups -OCH3 is 1. The lowest BCUT2D eigenvalue weighted by atomic mass is 10.1. The van der Waals surface area contributed by atoms with Crippen molar-refractivity contribution in [2.45, 2.75) is 13.0 Å². The molecule has 0 saturated heterocycles. The van der Waals surface area contributed by atoms with E-state index in [1.165, 1.54) is 19.4 Å². The van der Waals surface area contributed by atoms with E-state index in [2.05, 4.69) is 20.5 Å². The summed E-state index contributed by atoms with van der Waals surface area (Å²) in [7, 11) is 3.31. The number of halogens is 2. The number of nitrogens with one attached hydrogen (secondary N) is 1. The number of rotatable bonds is 6. The smallest absolute Gasteiger partial charge is 0.280 e. The molecule has 1 N–H and O–H groups in total. The summed E-state index contributed by atoms with van der Waals surface area (Å²) in [6, 6.07) is 8.11. The maximum atomic E-state index is 13.7. The van der Waals surface area contributed by atoms with Gasteiger partial charge in [-0.25, -0.2) is 18.3 Å². The van der Waals surface area contributed by atoms with E-state index in [1.807, 2.05) is 0 Å². The van der Waals surface area contributed by atoms with E-state index in [9.17, 15) is 13.6 Å². The highest BCUT2D eigenvalue weighted by molar-refractivity contribution is 5.99. The summed E-state index contributed by atoms with van der Waals surface area (Å²) in [5, 5.41) is 10.7. The first-order chi connectivity index (χ1) is 14.5. The Morgan fingerprint density at radius 2 is 1.97 bits per heavy atom. The van der Waals surface area contributed by atoms with Gasteiger partial charge in [-0.15, -0.1) is 0 Å². The van der Waals surface area contributed by atoms with Gasteiger partial charge in [-0.2, -0.15) is 10.2 Å². The molecule has 3 aromatic heterocycles. The van der Waals surface area contributed by atoms with E-state index in [0.29, 0.717) is 17.0 Å². The van der Waals surface area contributed by atoms with E-state index in [4.69, 9.17) is 4.74 Å². The molecular weight excluding hydrogens is 394 g/mol. The lowest BCUT2D eigenvalue weighted by Gasteiger charge is -2.09. The van der Waals surface area contributed by atoms with Crippen LogP contribution in [0.15, 0.2) is 48.9 Å². The SMILES string of the molecule is COc1ccc(-c2cc(C(F)F)n3ncc(C(=O)NCc4cnn(C)c4)c3n2)cc1. The average molecular weight is 412 g/mol. The number of nitrogens with zero attached hydrogens (tertiary/aromatic N) is 5. The number of carbonyl (C=O) groups excluding carboxylic acids is 1. The zero-order valence-electron chi connectivity index (χ0n) is 16.2. The van der Waals surface area contributed by atoms with Gasteiger partial charge < -0.3 is 10.1 Å². The fourth-order valence-electron chi connectivity index (χ4n) is 3.05. The van der Waals surface area contributed by atoms with Crippen molar-refractivity contribution in [3.63, 3.8) is 0 Å². The molecule has 0 aliphatic heterocycles. The summed E-state index contributed by atoms with van der Waals surface area (Å²) in [5.41, 5.74) is 1.54. The first kappa shape index (κ1) is 19.5. The van der Waals surface area contributed by atoms with Crippen LogP contribution in [0.5, 0.6) is 5.75 Å². The number of aromatic nitrogens is 5. The van der Waals surface area contributed by atoms with Crippen molar-refractivity contribution in [2.24, 2.45) is 7.05 Å². The molecule has 0 radical (unpaired) electrons. The molecule has 0 unspecified atom stereocenters. The van der Waals surface area contributed by atoms with Gasteiger partial charge in [0.1, 0.15) is 17.0 Å². The van der Waals surface area contributed by atoms with Gasteiger partial charge in [0.15, 0.2) is 5.65 Å². The zero-order chi connectivity index (χ0) is 21.3. The summed E-state index contributed by atoms with van der Waals surface area (Å²) in [6.07, 6.45) is 1.85. The topological polar surface area (TPSA) is 86.3 Å². The van der Waals surface area contributed by atoms with Crippen molar-refractivity contribution in [1.29, 1.82) is 0 Å². The van der Waals surface area contributed by atoms with Gasteiger partial charge in [-0.05, 0) is 30.3 Å². The molecule has 4 rings (SSSR count). The first-order valence-corrected chi connectivity index (χ1v) is 9.03. The highest BCUT2D eigenvalue weighted by Crippen LogP contribution is 2.27. The molecule has 0 saturated carbocycles. The van der Waals surface area contributed by atoms with E-state index >= 15 is 0 Å². The number of hydrogen-bond acceptors (Lipinski definition) is 5. The molecule has 1 aromatic carbocycles. The van der Waals surface area contributed by atoms with Crippen molar-refractivity contribution < 1.29 is 18.3 Å². The Morgan fingerprint density at radius 3 is 2.60 bits per heavy atom. The van der Waals surface area contributed by atoms with Crippen LogP contribution in [-0.4, -0.2) is 37.4 Å². The predicted octanol–water partition coefficient (Wildman–Crippen LogP) is 3.01. The van der Waals surface area contributed by atoms with Gasteiger partial charge in [0.25, 0.3) is 12.3 Å². The summed E-state index contributed by atoms with van der Waals surface area (Å²) in [6.45, 7) is 0.240. The van der Waals surface area contributed by atoms with Crippen LogP contribution in [0.4, 0.5) is 8.78 Å². The van der Waals surface area contributed by atoms with Crippen molar-refractivity contribution in [3.05, 3.63) is 65.7 Å². The molecule has 8 nitrogen and oxygen atoms in total. The number of ether oxygens (including phenoxy) is 1. The minimum absolute atomic E-state index is 0.0577. The van der Waals surface area contributed by atoms with Gasteiger partial charge in [-0.1, -0.05) is 0 Å². The van der Waals surface area contributed by atoms with E-state index in [-0.39, 0.29) is 23.4 Å². The summed E-state index contributed by atoms with van der Waals surface area (Å²) < 4.78 is 35.1. The maximum absolute atomic E-state index is 13.7. The molecule has 1 amide bonds. The monoisotopic (exact) mass is 412 g/mol. The molecule has 0 aliphatic rings. The number of fused-ring (bicyclic) bond motifs is 1. The number of benzene rings is 1. The highest BCUT2D eigenvalue weighted by atomic mass is 19.3. The highest BCUT2D eigenvalue weighted by Gasteiger charge is 2.21. The quantitative estimate of drug-likeness (QED) is 0.526. The fraction of sp³-hybridized carbons (Fsp3) is 0.200. The molecule has 10 heteroatoms. The number of aryl methyl sites for hydroxylation is 1. The number of carbonyl (C=O) groups is 1. The third kappa shape index (κ3) is 3.71. The Balaban J connectivity index is 1.71. The van der Waals surface area contributed by atoms with Crippen molar-refractivity contribution >= 4 is 11.6 Å². The largest absolute Gasteiger partial charge is 0.497 e. The standard InChI is InChI=1S/C20H18F2N6O2/c1-27-11-12(9-24-27)8-23-20(29)15-10-25-28-17(18(21)22)7-16(26-19(15)28)13-3-5-14(30-2)6-4-13/h3-7,9-11,18H,8H2,1-2H3,(H,23,29). The van der Waals surface area contributed by atoms with Crippen LogP contribution in [0, 0.1) is 0 Å². The van der Waals surface area contributed by atoms with Crippen molar-refractivity contribution in [2.75, 3.05) is 7.11 Å². The summed E-state index contributed by atoms with van der Waals surface area (Å²) in [5.74, 6) is 0.169. The molecule has 0 aliphatic carbocycles. The molecule has 4 aromatic rings. The summed E-state index contributed by atoms with van der Waals surface area (Å²) in [4.78, 5) is 17.1. The lowest BCUT2D eigenvalue weighted by Crippen LogP contribution is -2.22. The van der Waals surface area contributed by atoms with Gasteiger partial charge in [0, 0.05) is 30.9 Å². The average Bonchev–Trinajstić information content (AvgIpc) is 3.37. The normalized spacial score (nSPS) is 11.2. The molecule has 0 atom stereocenters. The first-order valence-electron chi connectivity index (χ1n) is 9.03. The minimum Gasteiger partial charge on any atom is -0.497 e. The second-order valence-electron chi connectivity index (χ2n) is 6.59. The fourth-order valence-corrected chi connectivity index (χ4v) is 3.05. The van der Waals surface area contributed by atoms with Gasteiger partial charge in [0.05, 0.1) is 25.2 Å². The van der Waals surface area contributed by atoms with Gasteiger partial charge in [0.2, 0.25) is 0 Å². The third-order valence-corrected chi connectivity index (χ3v) is 4.56. The third-order valence-electron chi connectivity index (χ3n) is 4.56. The van der Waals surface area contributed by atoms with E-state index in [0.717, 1.165) is 10.1 Å². The van der Waals surface area contributed by atoms with Crippen molar-refractivity contribution in [3.8, 4) is 17.0 Å². The Hall–Kier alpha value is -3.82. The van der Waals surface area contributed by atoms with Crippen LogP contribution < -0.4 is 10.1 Å². The van der Waals surface area contributed by atoms with Gasteiger partial charge in [-0.3, -0.25) is 9.48 Å². The van der Waals surface area contributed by atoms with Crippen molar-refractivity contribution in [1.82, 2.24) is 29.7 Å². The zero-order valence-corrected chi connectivity index (χ0v) is 16.2.